The fourth-order valence-electron chi connectivity index (χ4n) is 15.0. The normalized spacial score (nSPS) is 14.9. The Morgan fingerprint density at radius 3 is 1.20 bits per heavy atom. The Morgan fingerprint density at radius 1 is 0.278 bits per heavy atom. The monoisotopic (exact) mass is 1260 g/mol. The van der Waals surface area contributed by atoms with Gasteiger partial charge in [-0.25, -0.2) is 0 Å². The first-order chi connectivity index (χ1) is 53.6. The van der Waals surface area contributed by atoms with E-state index in [2.05, 4.69) is 151 Å². The Bertz CT molecular complexity index is 6530. The van der Waals surface area contributed by atoms with E-state index in [1.54, 1.807) is 12.1 Å². The number of benzene rings is 14. The third-order valence-electron chi connectivity index (χ3n) is 19.6. The summed E-state index contributed by atoms with van der Waals surface area (Å²) < 4.78 is 144. The number of para-hydroxylation sites is 3. The van der Waals surface area contributed by atoms with Crippen molar-refractivity contribution in [3.05, 3.63) is 332 Å². The zero-order chi connectivity index (χ0) is 78.3. The number of fused-ring (bicyclic) bond motifs is 10. The van der Waals surface area contributed by atoms with Gasteiger partial charge in [0.2, 0.25) is 0 Å². The van der Waals surface area contributed by atoms with Gasteiger partial charge < -0.3 is 18.9 Å². The van der Waals surface area contributed by atoms with Crippen LogP contribution in [0.5, 0.6) is 0 Å². The molecule has 0 unspecified atom stereocenters. The highest BCUT2D eigenvalue weighted by atomic mass is 15.2. The summed E-state index contributed by atoms with van der Waals surface area (Å²) in [6, 6.07) is 70.0. The van der Waals surface area contributed by atoms with E-state index in [-0.39, 0.29) is 33.1 Å². The molecule has 16 aromatic rings. The van der Waals surface area contributed by atoms with Gasteiger partial charge in [-0.1, -0.05) is 272 Å². The Hall–Kier alpha value is -11.7. The van der Waals surface area contributed by atoms with E-state index in [9.17, 15) is 11.0 Å². The molecule has 0 fully saturated rings. The first-order valence-electron chi connectivity index (χ1n) is 40.4. The maximum absolute atomic E-state index is 9.91. The summed E-state index contributed by atoms with van der Waals surface area (Å²) in [6.07, 6.45) is 0. The SMILES string of the molecule is [2H]c1c([2H])c([2H])c(-c2ccc3c(c2)N(c2cc(-c4ccccc4)cc(-c4ccccc4)c2)c2cc(-c4c([2H])c([2H])c([2H])c([2H])c4[2H])cc4c2B3c2ccc(-c3c([2H])c([2H])c([2H])c([2H])c3[2H])cc2N4c2cccc3c4cccc(-n5c6ccc(C(C)(C)C)cc6c6cc(C(C)(C)C)ccc65)c4n(-c4ccccc4)c23)c([2H])c1[2H]. The number of hydrogen-bond donors (Lipinski definition) is 0. The number of rotatable bonds is 9. The second kappa shape index (κ2) is 22.5. The van der Waals surface area contributed by atoms with E-state index in [1.165, 1.54) is 11.1 Å². The summed E-state index contributed by atoms with van der Waals surface area (Å²) in [6.45, 7) is 12.6. The van der Waals surface area contributed by atoms with Crippen molar-refractivity contribution in [2.24, 2.45) is 0 Å². The maximum atomic E-state index is 9.91. The molecule has 0 amide bonds. The van der Waals surface area contributed by atoms with Gasteiger partial charge in [0, 0.05) is 55.7 Å². The van der Waals surface area contributed by atoms with Gasteiger partial charge in [0.1, 0.15) is 0 Å². The van der Waals surface area contributed by atoms with Gasteiger partial charge in [0.15, 0.2) is 0 Å². The molecule has 2 aliphatic heterocycles. The van der Waals surface area contributed by atoms with Crippen molar-refractivity contribution in [2.75, 3.05) is 9.80 Å². The number of anilines is 6. The summed E-state index contributed by atoms with van der Waals surface area (Å²) in [5, 5.41) is 3.97. The largest absolute Gasteiger partial charge is 0.311 e. The van der Waals surface area contributed by atoms with Gasteiger partial charge in [-0.3, -0.25) is 0 Å². The number of nitrogens with zero attached hydrogens (tertiary/aromatic N) is 4. The molecule has 2 aromatic heterocycles. The summed E-state index contributed by atoms with van der Waals surface area (Å²) in [5.74, 6) is 0. The van der Waals surface area contributed by atoms with E-state index in [4.69, 9.17) is 9.60 Å². The second-order valence-electron chi connectivity index (χ2n) is 27.4. The van der Waals surface area contributed by atoms with Crippen LogP contribution >= 0.6 is 0 Å². The molecule has 0 bridgehead atoms. The van der Waals surface area contributed by atoms with E-state index >= 15 is 0 Å². The van der Waals surface area contributed by atoms with Crippen LogP contribution in [-0.4, -0.2) is 15.8 Å². The molecule has 18 rings (SSSR count). The Labute approximate surface area is 589 Å². The minimum Gasteiger partial charge on any atom is -0.311 e. The van der Waals surface area contributed by atoms with Gasteiger partial charge in [-0.15, -0.1) is 0 Å². The highest BCUT2D eigenvalue weighted by Gasteiger charge is 2.45. The van der Waals surface area contributed by atoms with Crippen LogP contribution in [0, 0.1) is 0 Å². The van der Waals surface area contributed by atoms with Gasteiger partial charge >= 0.3 is 0 Å². The summed E-state index contributed by atoms with van der Waals surface area (Å²) >= 11 is 0. The highest BCUT2D eigenvalue weighted by Crippen LogP contribution is 2.52. The van der Waals surface area contributed by atoms with E-state index in [0.717, 1.165) is 77.2 Å². The lowest BCUT2D eigenvalue weighted by Crippen LogP contribution is -2.61. The Morgan fingerprint density at radius 2 is 0.701 bits per heavy atom. The predicted molar refractivity (Wildman–Crippen MR) is 414 cm³/mol. The fraction of sp³-hybridized carbons (Fsp3) is 0.0870. The third-order valence-corrected chi connectivity index (χ3v) is 19.6. The van der Waals surface area contributed by atoms with Crippen molar-refractivity contribution < 1.29 is 20.6 Å². The molecule has 4 nitrogen and oxygen atoms in total. The van der Waals surface area contributed by atoms with Gasteiger partial charge in [-0.05, 0) is 185 Å². The molecule has 0 saturated carbocycles. The minimum absolute atomic E-state index is 0.0397. The van der Waals surface area contributed by atoms with Crippen LogP contribution in [0.15, 0.2) is 321 Å². The van der Waals surface area contributed by atoms with Gasteiger partial charge in [-0.2, -0.15) is 0 Å². The molecule has 14 aromatic carbocycles. The van der Waals surface area contributed by atoms with Crippen LogP contribution in [0.2, 0.25) is 0 Å². The fourth-order valence-corrected chi connectivity index (χ4v) is 15.0. The summed E-state index contributed by atoms with van der Waals surface area (Å²) in [7, 11) is 0. The first-order valence-corrected chi connectivity index (χ1v) is 32.9. The van der Waals surface area contributed by atoms with Crippen LogP contribution in [0.4, 0.5) is 34.1 Å². The lowest BCUT2D eigenvalue weighted by atomic mass is 9.33. The minimum atomic E-state index is -0.802. The molecule has 0 radical (unpaired) electrons. The molecule has 4 heterocycles. The molecule has 0 N–H and O–H groups in total. The zero-order valence-corrected chi connectivity index (χ0v) is 54.3. The summed E-state index contributed by atoms with van der Waals surface area (Å²) in [5.41, 5.74) is 16.8. The van der Waals surface area contributed by atoms with Crippen molar-refractivity contribution in [1.82, 2.24) is 9.13 Å². The molecule has 462 valence electrons. The van der Waals surface area contributed by atoms with Crippen LogP contribution < -0.4 is 26.2 Å². The standard InChI is InChI=1S/C92H71BN4/c1-91(2,3)70-45-49-80-76(58-70)77-59-71(92(4,5)6)46-50-81(77)96(80)82-41-25-39-74-75-40-26-42-83(90(75)95(89(74)82)72-37-23-12-24-38-72)97-85-55-66(61-29-15-8-16-30-61)44-48-79(85)93-78-47-43-65(60-27-13-7-14-28-60)54-84(78)94(86-56-69(57-87(97)88(86)93)64-35-21-11-22-36-64)73-52-67(62-31-17-9-18-32-62)51-68(53-73)63-33-19-10-20-34-63/h7-59H,1-6H3/i7D,8D,11D,13D,14D,15D,16D,21D,22D,27D,28D,29D,30D,35D,36D. The van der Waals surface area contributed by atoms with Gasteiger partial charge in [0.25, 0.3) is 6.71 Å². The quantitative estimate of drug-likeness (QED) is 0.134. The Kier molecular flexibility index (Phi) is 10.2. The topological polar surface area (TPSA) is 16.3 Å². The molecular weight excluding hydrogens is 1170 g/mol. The highest BCUT2D eigenvalue weighted by molar-refractivity contribution is 7.00. The first kappa shape index (κ1) is 44.1. The van der Waals surface area contributed by atoms with Crippen molar-refractivity contribution >= 4 is 101 Å². The summed E-state index contributed by atoms with van der Waals surface area (Å²) in [4.78, 5) is 4.21. The molecule has 0 atom stereocenters. The lowest BCUT2D eigenvalue weighted by molar-refractivity contribution is 0.590. The van der Waals surface area contributed by atoms with E-state index in [0.29, 0.717) is 61.6 Å². The van der Waals surface area contributed by atoms with Crippen LogP contribution in [0.1, 0.15) is 73.2 Å². The number of aromatic nitrogens is 2. The van der Waals surface area contributed by atoms with Crippen LogP contribution in [0.3, 0.4) is 0 Å². The smallest absolute Gasteiger partial charge is 0.252 e. The zero-order valence-electron chi connectivity index (χ0n) is 69.3. The molecule has 97 heavy (non-hydrogen) atoms. The third kappa shape index (κ3) is 9.58. The molecule has 5 heteroatoms. The average Bonchev–Trinajstić information content (AvgIpc) is 0.980. The molecule has 0 spiro atoms. The lowest BCUT2D eigenvalue weighted by Gasteiger charge is -2.45. The molecular formula is C92H71BN4. The van der Waals surface area contributed by atoms with Crippen LogP contribution in [0.25, 0.3) is 111 Å². The van der Waals surface area contributed by atoms with Crippen molar-refractivity contribution in [3.63, 3.8) is 0 Å². The number of hydrogen-bond acceptors (Lipinski definition) is 2. The maximum Gasteiger partial charge on any atom is 0.252 e. The molecule has 2 aliphatic rings. The van der Waals surface area contributed by atoms with E-state index in [1.807, 2.05) is 127 Å². The average molecular weight is 1260 g/mol. The second-order valence-corrected chi connectivity index (χ2v) is 27.4. The van der Waals surface area contributed by atoms with E-state index < -0.39 is 97.3 Å². The predicted octanol–water partition coefficient (Wildman–Crippen LogP) is 22.9. The molecule has 0 saturated heterocycles. The van der Waals surface area contributed by atoms with Crippen molar-refractivity contribution in [2.45, 2.75) is 52.4 Å². The van der Waals surface area contributed by atoms with Gasteiger partial charge in [0.05, 0.1) is 54.0 Å². The van der Waals surface area contributed by atoms with Crippen LogP contribution in [-0.2, 0) is 10.8 Å². The Balaban J connectivity index is 1.02. The molecule has 0 aliphatic carbocycles. The van der Waals surface area contributed by atoms with Crippen molar-refractivity contribution in [1.29, 1.82) is 0 Å². The van der Waals surface area contributed by atoms with Crippen molar-refractivity contribution in [3.8, 4) is 67.0 Å².